The number of ether oxygens (including phenoxy) is 1. The minimum Gasteiger partial charge on any atom is -0.447 e. The van der Waals surface area contributed by atoms with Gasteiger partial charge in [0.25, 0.3) is 5.91 Å². The Morgan fingerprint density at radius 3 is 2.64 bits per heavy atom. The van der Waals surface area contributed by atoms with E-state index >= 15 is 0 Å². The fourth-order valence-corrected chi connectivity index (χ4v) is 3.27. The molecule has 0 saturated carbocycles. The van der Waals surface area contributed by atoms with Gasteiger partial charge < -0.3 is 10.1 Å². The van der Waals surface area contributed by atoms with E-state index in [1.807, 2.05) is 43.3 Å². The first-order valence-electron chi connectivity index (χ1n) is 9.15. The number of nitrogens with zero attached hydrogens (tertiary/aromatic N) is 3. The smallest absolute Gasteiger partial charge is 0.414 e. The molecule has 1 aliphatic rings. The van der Waals surface area contributed by atoms with Gasteiger partial charge in [-0.05, 0) is 36.8 Å². The highest BCUT2D eigenvalue weighted by Gasteiger charge is 2.24. The zero-order chi connectivity index (χ0) is 19.5. The predicted molar refractivity (Wildman–Crippen MR) is 106 cm³/mol. The third kappa shape index (κ3) is 3.34. The van der Waals surface area contributed by atoms with Crippen molar-refractivity contribution >= 4 is 23.4 Å². The molecular formula is C21H20N4O3. The van der Waals surface area contributed by atoms with Crippen molar-refractivity contribution in [2.75, 3.05) is 23.4 Å². The summed E-state index contributed by atoms with van der Waals surface area (Å²) in [6.07, 6.45) is 1.88. The molecule has 1 N–H and O–H groups in total. The Kier molecular flexibility index (Phi) is 4.80. The third-order valence-electron chi connectivity index (χ3n) is 4.63. The Morgan fingerprint density at radius 1 is 1.14 bits per heavy atom. The molecule has 0 atom stereocenters. The molecule has 7 heteroatoms. The molecule has 0 aliphatic carbocycles. The van der Waals surface area contributed by atoms with Crippen LogP contribution in [0.25, 0.3) is 5.69 Å². The van der Waals surface area contributed by atoms with E-state index in [1.54, 1.807) is 34.0 Å². The zero-order valence-corrected chi connectivity index (χ0v) is 15.5. The van der Waals surface area contributed by atoms with Crippen LogP contribution in [0.4, 0.5) is 16.2 Å². The molecule has 1 fully saturated rings. The number of nitrogens with one attached hydrogen (secondary N) is 1. The van der Waals surface area contributed by atoms with E-state index < -0.39 is 0 Å². The van der Waals surface area contributed by atoms with Crippen molar-refractivity contribution in [3.05, 3.63) is 72.1 Å². The third-order valence-corrected chi connectivity index (χ3v) is 4.63. The van der Waals surface area contributed by atoms with E-state index in [-0.39, 0.29) is 12.0 Å². The van der Waals surface area contributed by atoms with Gasteiger partial charge in [-0.3, -0.25) is 9.69 Å². The summed E-state index contributed by atoms with van der Waals surface area (Å²) in [6, 6.07) is 16.9. The molecular weight excluding hydrogens is 356 g/mol. The second kappa shape index (κ2) is 7.56. The molecule has 4 rings (SSSR count). The summed E-state index contributed by atoms with van der Waals surface area (Å²) in [5.41, 5.74) is 3.57. The monoisotopic (exact) mass is 376 g/mol. The van der Waals surface area contributed by atoms with Crippen molar-refractivity contribution in [1.29, 1.82) is 0 Å². The van der Waals surface area contributed by atoms with Crippen molar-refractivity contribution in [3.63, 3.8) is 0 Å². The number of cyclic esters (lactones) is 1. The summed E-state index contributed by atoms with van der Waals surface area (Å²) in [6.45, 7) is 2.86. The fraction of sp³-hybridized carbons (Fsp3) is 0.190. The molecule has 1 saturated heterocycles. The molecule has 28 heavy (non-hydrogen) atoms. The van der Waals surface area contributed by atoms with Gasteiger partial charge in [0.05, 0.1) is 29.7 Å². The normalized spacial score (nSPS) is 13.5. The molecule has 1 aliphatic heterocycles. The molecule has 1 aromatic heterocycles. The van der Waals surface area contributed by atoms with Gasteiger partial charge in [-0.25, -0.2) is 9.48 Å². The Hall–Kier alpha value is -3.61. The Balaban J connectivity index is 1.58. The summed E-state index contributed by atoms with van der Waals surface area (Å²) in [5, 5.41) is 7.30. The summed E-state index contributed by atoms with van der Waals surface area (Å²) >= 11 is 0. The molecule has 142 valence electrons. The van der Waals surface area contributed by atoms with Crippen molar-refractivity contribution in [2.24, 2.45) is 0 Å². The number of hydrogen-bond donors (Lipinski definition) is 1. The standard InChI is InChI=1S/C21H20N4O3/c1-2-19-18(14-22-25(19)16-8-4-3-5-9-16)20(26)23-15-7-6-10-17(13-15)24-11-12-28-21(24)27/h3-10,13-14H,2,11-12H2,1H3,(H,23,26). The number of carbonyl (C=O) groups excluding carboxylic acids is 2. The van der Waals surface area contributed by atoms with Gasteiger partial charge in [0, 0.05) is 11.4 Å². The maximum atomic E-state index is 12.9. The van der Waals surface area contributed by atoms with Crippen LogP contribution >= 0.6 is 0 Å². The van der Waals surface area contributed by atoms with Gasteiger partial charge in [-0.1, -0.05) is 31.2 Å². The molecule has 7 nitrogen and oxygen atoms in total. The van der Waals surface area contributed by atoms with Crippen LogP contribution < -0.4 is 10.2 Å². The van der Waals surface area contributed by atoms with Crippen molar-refractivity contribution in [3.8, 4) is 5.69 Å². The van der Waals surface area contributed by atoms with E-state index in [2.05, 4.69) is 10.4 Å². The highest BCUT2D eigenvalue weighted by atomic mass is 16.6. The minimum atomic E-state index is -0.374. The van der Waals surface area contributed by atoms with Crippen LogP contribution in [0, 0.1) is 0 Å². The SMILES string of the molecule is CCc1c(C(=O)Nc2cccc(N3CCOC3=O)c2)cnn1-c1ccccc1. The summed E-state index contributed by atoms with van der Waals surface area (Å²) in [4.78, 5) is 26.2. The van der Waals surface area contributed by atoms with Crippen LogP contribution in [0.3, 0.4) is 0 Å². The molecule has 2 amide bonds. The molecule has 0 bridgehead atoms. The summed E-state index contributed by atoms with van der Waals surface area (Å²) in [7, 11) is 0. The van der Waals surface area contributed by atoms with E-state index in [0.717, 1.165) is 11.4 Å². The van der Waals surface area contributed by atoms with Crippen LogP contribution in [0.15, 0.2) is 60.8 Å². The predicted octanol–water partition coefficient (Wildman–Crippen LogP) is 3.64. The number of amides is 2. The number of para-hydroxylation sites is 1. The zero-order valence-electron chi connectivity index (χ0n) is 15.5. The van der Waals surface area contributed by atoms with Crippen molar-refractivity contribution < 1.29 is 14.3 Å². The average molecular weight is 376 g/mol. The average Bonchev–Trinajstić information content (AvgIpc) is 3.35. The Labute approximate surface area is 162 Å². The van der Waals surface area contributed by atoms with Crippen LogP contribution in [0.5, 0.6) is 0 Å². The highest BCUT2D eigenvalue weighted by Crippen LogP contribution is 2.23. The van der Waals surface area contributed by atoms with Crippen molar-refractivity contribution in [1.82, 2.24) is 9.78 Å². The van der Waals surface area contributed by atoms with Crippen LogP contribution in [-0.4, -0.2) is 34.9 Å². The topological polar surface area (TPSA) is 76.5 Å². The molecule has 2 aromatic carbocycles. The van der Waals surface area contributed by atoms with Crippen LogP contribution in [0.2, 0.25) is 0 Å². The number of anilines is 2. The summed E-state index contributed by atoms with van der Waals surface area (Å²) in [5.74, 6) is -0.236. The first-order valence-corrected chi connectivity index (χ1v) is 9.15. The van der Waals surface area contributed by atoms with Crippen molar-refractivity contribution in [2.45, 2.75) is 13.3 Å². The van der Waals surface area contributed by atoms with E-state index in [4.69, 9.17) is 4.74 Å². The molecule has 0 unspecified atom stereocenters. The van der Waals surface area contributed by atoms with Gasteiger partial charge >= 0.3 is 6.09 Å². The largest absolute Gasteiger partial charge is 0.447 e. The summed E-state index contributed by atoms with van der Waals surface area (Å²) < 4.78 is 6.76. The number of benzene rings is 2. The molecule has 0 radical (unpaired) electrons. The van der Waals surface area contributed by atoms with Gasteiger partial charge in [0.15, 0.2) is 0 Å². The molecule has 2 heterocycles. The maximum Gasteiger partial charge on any atom is 0.414 e. The quantitative estimate of drug-likeness (QED) is 0.737. The second-order valence-electron chi connectivity index (χ2n) is 6.38. The lowest BCUT2D eigenvalue weighted by molar-refractivity contribution is 0.102. The first kappa shape index (κ1) is 17.8. The van der Waals surface area contributed by atoms with Gasteiger partial charge in [0.2, 0.25) is 0 Å². The lowest BCUT2D eigenvalue weighted by Crippen LogP contribution is -2.23. The number of carbonyl (C=O) groups is 2. The van der Waals surface area contributed by atoms with Gasteiger partial charge in [-0.2, -0.15) is 5.10 Å². The molecule has 3 aromatic rings. The van der Waals surface area contributed by atoms with Crippen LogP contribution in [-0.2, 0) is 11.2 Å². The lowest BCUT2D eigenvalue weighted by atomic mass is 10.1. The Bertz CT molecular complexity index is 1010. The van der Waals surface area contributed by atoms with Gasteiger partial charge in [-0.15, -0.1) is 0 Å². The van der Waals surface area contributed by atoms with Gasteiger partial charge in [0.1, 0.15) is 6.61 Å². The minimum absolute atomic E-state index is 0.236. The maximum absolute atomic E-state index is 12.9. The fourth-order valence-electron chi connectivity index (χ4n) is 3.27. The number of rotatable bonds is 5. The van der Waals surface area contributed by atoms with Crippen LogP contribution in [0.1, 0.15) is 23.0 Å². The first-order chi connectivity index (χ1) is 13.7. The molecule has 0 spiro atoms. The van der Waals surface area contributed by atoms with E-state index in [1.165, 1.54) is 0 Å². The van der Waals surface area contributed by atoms with E-state index in [0.29, 0.717) is 36.5 Å². The number of aromatic nitrogens is 2. The number of hydrogen-bond acceptors (Lipinski definition) is 4. The second-order valence-corrected chi connectivity index (χ2v) is 6.38. The Morgan fingerprint density at radius 2 is 1.93 bits per heavy atom. The lowest BCUT2D eigenvalue weighted by Gasteiger charge is -2.14. The van der Waals surface area contributed by atoms with E-state index in [9.17, 15) is 9.59 Å². The highest BCUT2D eigenvalue weighted by molar-refractivity contribution is 6.05.